The summed E-state index contributed by atoms with van der Waals surface area (Å²) in [6.07, 6.45) is 5.96. The zero-order chi connectivity index (χ0) is 17.6. The number of amides is 3. The number of urea groups is 1. The van der Waals surface area contributed by atoms with Crippen molar-refractivity contribution in [1.82, 2.24) is 4.90 Å². The van der Waals surface area contributed by atoms with Crippen molar-refractivity contribution in [1.29, 1.82) is 0 Å². The minimum absolute atomic E-state index is 0.0953. The van der Waals surface area contributed by atoms with Crippen LogP contribution >= 0.6 is 0 Å². The average molecular weight is 341 g/mol. The largest absolute Gasteiger partial charge is 0.467 e. The van der Waals surface area contributed by atoms with Gasteiger partial charge in [0.2, 0.25) is 5.91 Å². The Morgan fingerprint density at radius 1 is 1.16 bits per heavy atom. The molecule has 1 aliphatic rings. The molecule has 6 nitrogen and oxygen atoms in total. The van der Waals surface area contributed by atoms with Crippen molar-refractivity contribution in [3.63, 3.8) is 0 Å². The molecule has 0 unspecified atom stereocenters. The van der Waals surface area contributed by atoms with Gasteiger partial charge < -0.3 is 20.4 Å². The van der Waals surface area contributed by atoms with Crippen molar-refractivity contribution < 1.29 is 14.0 Å². The van der Waals surface area contributed by atoms with Crippen LogP contribution in [0.25, 0.3) is 0 Å². The van der Waals surface area contributed by atoms with E-state index in [9.17, 15) is 9.59 Å². The number of para-hydroxylation sites is 1. The molecule has 0 spiro atoms. The van der Waals surface area contributed by atoms with Crippen LogP contribution in [0.5, 0.6) is 0 Å². The van der Waals surface area contributed by atoms with Crippen molar-refractivity contribution in [3.05, 3.63) is 54.0 Å². The second-order valence-electron chi connectivity index (χ2n) is 6.38. The first-order valence-corrected chi connectivity index (χ1v) is 8.59. The Labute approximate surface area is 147 Å². The van der Waals surface area contributed by atoms with Crippen LogP contribution < -0.4 is 11.1 Å². The Kier molecular flexibility index (Phi) is 5.38. The molecule has 0 saturated heterocycles. The van der Waals surface area contributed by atoms with E-state index in [0.29, 0.717) is 17.8 Å². The van der Waals surface area contributed by atoms with Gasteiger partial charge in [-0.1, -0.05) is 31.0 Å². The lowest BCUT2D eigenvalue weighted by Gasteiger charge is -2.28. The normalized spacial score (nSPS) is 14.4. The fraction of sp³-hybridized carbons (Fsp3) is 0.368. The minimum Gasteiger partial charge on any atom is -0.467 e. The maximum Gasteiger partial charge on any atom is 0.322 e. The molecule has 0 atom stereocenters. The number of hydrogen-bond acceptors (Lipinski definition) is 3. The number of furan rings is 1. The Hall–Kier alpha value is -2.76. The molecular weight excluding hydrogens is 318 g/mol. The molecule has 1 aliphatic carbocycles. The summed E-state index contributed by atoms with van der Waals surface area (Å²) in [5.41, 5.74) is 6.63. The Balaban J connectivity index is 1.77. The second kappa shape index (κ2) is 7.88. The van der Waals surface area contributed by atoms with E-state index in [-0.39, 0.29) is 18.5 Å². The molecule has 1 saturated carbocycles. The molecule has 1 aromatic heterocycles. The molecule has 6 heteroatoms. The van der Waals surface area contributed by atoms with E-state index in [0.717, 1.165) is 31.4 Å². The van der Waals surface area contributed by atoms with Gasteiger partial charge in [0.1, 0.15) is 5.76 Å². The van der Waals surface area contributed by atoms with E-state index in [1.165, 1.54) is 0 Å². The highest BCUT2D eigenvalue weighted by Crippen LogP contribution is 2.26. The zero-order valence-corrected chi connectivity index (χ0v) is 14.1. The molecule has 1 heterocycles. The summed E-state index contributed by atoms with van der Waals surface area (Å²) in [4.78, 5) is 26.0. The first kappa shape index (κ1) is 17.1. The molecule has 1 aromatic carbocycles. The standard InChI is InChI=1S/C19H23N3O3/c20-18(23)12-14-6-1-4-10-17(14)21-19(24)22(15-7-2-3-8-15)13-16-9-5-11-25-16/h1,4-6,9-11,15H,2-3,7-8,12-13H2,(H2,20,23)(H,21,24). The lowest BCUT2D eigenvalue weighted by molar-refractivity contribution is -0.117. The van der Waals surface area contributed by atoms with Crippen LogP contribution in [0, 0.1) is 0 Å². The first-order chi connectivity index (χ1) is 12.1. The third-order valence-electron chi connectivity index (χ3n) is 4.56. The number of nitrogens with zero attached hydrogens (tertiary/aromatic N) is 1. The lowest BCUT2D eigenvalue weighted by atomic mass is 10.1. The third kappa shape index (κ3) is 4.41. The molecule has 132 valence electrons. The molecule has 3 amide bonds. The molecule has 0 bridgehead atoms. The van der Waals surface area contributed by atoms with Gasteiger partial charge >= 0.3 is 6.03 Å². The van der Waals surface area contributed by atoms with E-state index in [1.807, 2.05) is 29.2 Å². The Morgan fingerprint density at radius 3 is 2.60 bits per heavy atom. The van der Waals surface area contributed by atoms with Crippen LogP contribution in [0.3, 0.4) is 0 Å². The predicted molar refractivity (Wildman–Crippen MR) is 94.9 cm³/mol. The fourth-order valence-corrected chi connectivity index (χ4v) is 3.32. The van der Waals surface area contributed by atoms with Gasteiger partial charge in [0.15, 0.2) is 0 Å². The van der Waals surface area contributed by atoms with Gasteiger partial charge in [0, 0.05) is 11.7 Å². The van der Waals surface area contributed by atoms with Crippen LogP contribution in [0.4, 0.5) is 10.5 Å². The van der Waals surface area contributed by atoms with Crippen molar-refractivity contribution >= 4 is 17.6 Å². The second-order valence-corrected chi connectivity index (χ2v) is 6.38. The lowest BCUT2D eigenvalue weighted by Crippen LogP contribution is -2.41. The van der Waals surface area contributed by atoms with Crippen molar-refractivity contribution in [2.24, 2.45) is 5.73 Å². The summed E-state index contributed by atoms with van der Waals surface area (Å²) in [7, 11) is 0. The summed E-state index contributed by atoms with van der Waals surface area (Å²) < 4.78 is 5.42. The summed E-state index contributed by atoms with van der Waals surface area (Å²) in [5.74, 6) is 0.331. The molecule has 25 heavy (non-hydrogen) atoms. The van der Waals surface area contributed by atoms with Crippen molar-refractivity contribution in [2.45, 2.75) is 44.7 Å². The highest BCUT2D eigenvalue weighted by atomic mass is 16.3. The summed E-state index contributed by atoms with van der Waals surface area (Å²) in [6, 6.07) is 11.0. The number of anilines is 1. The maximum absolute atomic E-state index is 12.9. The summed E-state index contributed by atoms with van der Waals surface area (Å²) in [6.45, 7) is 0.432. The number of primary amides is 1. The number of nitrogens with one attached hydrogen (secondary N) is 1. The molecule has 3 rings (SSSR count). The smallest absolute Gasteiger partial charge is 0.322 e. The van der Waals surface area contributed by atoms with E-state index >= 15 is 0 Å². The Bertz CT molecular complexity index is 721. The molecule has 0 radical (unpaired) electrons. The zero-order valence-electron chi connectivity index (χ0n) is 14.1. The van der Waals surface area contributed by atoms with Gasteiger partial charge in [-0.3, -0.25) is 4.79 Å². The number of carbonyl (C=O) groups is 2. The van der Waals surface area contributed by atoms with E-state index in [1.54, 1.807) is 18.4 Å². The predicted octanol–water partition coefficient (Wildman–Crippen LogP) is 3.28. The topological polar surface area (TPSA) is 88.6 Å². The number of nitrogens with two attached hydrogens (primary N) is 1. The number of benzene rings is 1. The SMILES string of the molecule is NC(=O)Cc1ccccc1NC(=O)N(Cc1ccco1)C1CCCC1. The summed E-state index contributed by atoms with van der Waals surface area (Å²) in [5, 5.41) is 2.94. The van der Waals surface area contributed by atoms with E-state index in [4.69, 9.17) is 10.2 Å². The number of hydrogen-bond donors (Lipinski definition) is 2. The van der Waals surface area contributed by atoms with Crippen LogP contribution in [0.2, 0.25) is 0 Å². The maximum atomic E-state index is 12.9. The molecular formula is C19H23N3O3. The fourth-order valence-electron chi connectivity index (χ4n) is 3.32. The van der Waals surface area contributed by atoms with Gasteiger partial charge in [-0.25, -0.2) is 4.79 Å². The van der Waals surface area contributed by atoms with Gasteiger partial charge in [-0.2, -0.15) is 0 Å². The molecule has 0 aliphatic heterocycles. The highest BCUT2D eigenvalue weighted by molar-refractivity contribution is 5.91. The number of carbonyl (C=O) groups excluding carboxylic acids is 2. The quantitative estimate of drug-likeness (QED) is 0.845. The molecule has 2 aromatic rings. The van der Waals surface area contributed by atoms with Gasteiger partial charge in [-0.15, -0.1) is 0 Å². The highest BCUT2D eigenvalue weighted by Gasteiger charge is 2.28. The monoisotopic (exact) mass is 341 g/mol. The average Bonchev–Trinajstić information content (AvgIpc) is 3.27. The van der Waals surface area contributed by atoms with Crippen LogP contribution in [-0.2, 0) is 17.8 Å². The van der Waals surface area contributed by atoms with Crippen LogP contribution in [0.15, 0.2) is 47.1 Å². The summed E-state index contributed by atoms with van der Waals surface area (Å²) >= 11 is 0. The minimum atomic E-state index is -0.426. The van der Waals surface area contributed by atoms with Gasteiger partial charge in [-0.05, 0) is 36.6 Å². The van der Waals surface area contributed by atoms with Crippen LogP contribution in [0.1, 0.15) is 37.0 Å². The van der Waals surface area contributed by atoms with Crippen molar-refractivity contribution in [3.8, 4) is 0 Å². The third-order valence-corrected chi connectivity index (χ3v) is 4.56. The van der Waals surface area contributed by atoms with Gasteiger partial charge in [0.25, 0.3) is 0 Å². The molecule has 1 fully saturated rings. The molecule has 3 N–H and O–H groups in total. The number of rotatable bonds is 6. The first-order valence-electron chi connectivity index (χ1n) is 8.59. The van der Waals surface area contributed by atoms with E-state index < -0.39 is 5.91 Å². The Morgan fingerprint density at radius 2 is 1.92 bits per heavy atom. The van der Waals surface area contributed by atoms with E-state index in [2.05, 4.69) is 5.32 Å². The van der Waals surface area contributed by atoms with Crippen LogP contribution in [-0.4, -0.2) is 22.9 Å². The van der Waals surface area contributed by atoms with Crippen molar-refractivity contribution in [2.75, 3.05) is 5.32 Å². The van der Waals surface area contributed by atoms with Gasteiger partial charge in [0.05, 0.1) is 19.2 Å².